The largest absolute Gasteiger partial charge is 0.479 e. The van der Waals surface area contributed by atoms with Crippen molar-refractivity contribution in [1.82, 2.24) is 0 Å². The molecule has 0 radical (unpaired) electrons. The molecular formula is C5H10O5. The number of aliphatic hydroxyl groups excluding tert-OH is 2. The van der Waals surface area contributed by atoms with Gasteiger partial charge < -0.3 is 20.1 Å². The lowest BCUT2D eigenvalue weighted by atomic mass is 10.1. The lowest BCUT2D eigenvalue weighted by molar-refractivity contribution is -0.173. The SMILES string of the molecule is COC(CO)(CO)C(=O)O. The summed E-state index contributed by atoms with van der Waals surface area (Å²) < 4.78 is 4.40. The second-order valence-corrected chi connectivity index (χ2v) is 1.82. The standard InChI is InChI=1S/C5H10O5/c1-10-5(2-6,3-7)4(8)9/h6-7H,2-3H2,1H3,(H,8,9). The zero-order valence-electron chi connectivity index (χ0n) is 5.57. The Morgan fingerprint density at radius 1 is 1.50 bits per heavy atom. The highest BCUT2D eigenvalue weighted by Gasteiger charge is 2.37. The van der Waals surface area contributed by atoms with Crippen molar-refractivity contribution >= 4 is 5.97 Å². The maximum atomic E-state index is 10.3. The van der Waals surface area contributed by atoms with Crippen molar-refractivity contribution in [3.05, 3.63) is 0 Å². The molecule has 0 unspecified atom stereocenters. The number of hydrogen-bond acceptors (Lipinski definition) is 4. The van der Waals surface area contributed by atoms with Crippen LogP contribution in [0, 0.1) is 0 Å². The summed E-state index contributed by atoms with van der Waals surface area (Å²) in [5.74, 6) is -1.37. The van der Waals surface area contributed by atoms with Gasteiger partial charge in [-0.05, 0) is 0 Å². The molecule has 0 bridgehead atoms. The highest BCUT2D eigenvalue weighted by molar-refractivity contribution is 5.77. The summed E-state index contributed by atoms with van der Waals surface area (Å²) >= 11 is 0. The van der Waals surface area contributed by atoms with Gasteiger partial charge in [-0.2, -0.15) is 0 Å². The van der Waals surface area contributed by atoms with Gasteiger partial charge in [0.05, 0.1) is 13.2 Å². The molecule has 0 saturated heterocycles. The van der Waals surface area contributed by atoms with Crippen LogP contribution >= 0.6 is 0 Å². The van der Waals surface area contributed by atoms with Crippen molar-refractivity contribution in [1.29, 1.82) is 0 Å². The van der Waals surface area contributed by atoms with Gasteiger partial charge in [-0.15, -0.1) is 0 Å². The first-order valence-corrected chi connectivity index (χ1v) is 2.63. The molecule has 0 fully saturated rings. The van der Waals surface area contributed by atoms with E-state index in [2.05, 4.69) is 4.74 Å². The molecule has 0 heterocycles. The highest BCUT2D eigenvalue weighted by Crippen LogP contribution is 2.07. The maximum absolute atomic E-state index is 10.3. The first kappa shape index (κ1) is 9.35. The van der Waals surface area contributed by atoms with E-state index in [1.165, 1.54) is 0 Å². The molecule has 0 amide bonds. The first-order chi connectivity index (χ1) is 4.63. The molecule has 0 rings (SSSR count). The molecule has 10 heavy (non-hydrogen) atoms. The van der Waals surface area contributed by atoms with Gasteiger partial charge >= 0.3 is 5.97 Å². The van der Waals surface area contributed by atoms with Crippen LogP contribution in [-0.2, 0) is 9.53 Å². The Hall–Kier alpha value is -0.650. The summed E-state index contributed by atoms with van der Waals surface area (Å²) in [4.78, 5) is 10.3. The summed E-state index contributed by atoms with van der Waals surface area (Å²) in [6.07, 6.45) is 0. The molecule has 0 saturated carbocycles. The van der Waals surface area contributed by atoms with Crippen molar-refractivity contribution in [3.63, 3.8) is 0 Å². The van der Waals surface area contributed by atoms with Crippen LogP contribution in [0.4, 0.5) is 0 Å². The van der Waals surface area contributed by atoms with Gasteiger partial charge in [0.1, 0.15) is 0 Å². The molecule has 5 nitrogen and oxygen atoms in total. The highest BCUT2D eigenvalue weighted by atomic mass is 16.5. The van der Waals surface area contributed by atoms with Crippen LogP contribution in [0.3, 0.4) is 0 Å². The molecule has 0 aliphatic carbocycles. The van der Waals surface area contributed by atoms with E-state index >= 15 is 0 Å². The summed E-state index contributed by atoms with van der Waals surface area (Å²) in [6.45, 7) is -1.48. The normalized spacial score (nSPS) is 11.5. The number of rotatable bonds is 4. The minimum absolute atomic E-state index is 0.741. The molecule has 0 atom stereocenters. The summed E-state index contributed by atoms with van der Waals surface area (Å²) in [5, 5.41) is 25.3. The fourth-order valence-electron chi connectivity index (χ4n) is 0.402. The predicted molar refractivity (Wildman–Crippen MR) is 31.5 cm³/mol. The Balaban J connectivity index is 4.31. The van der Waals surface area contributed by atoms with Gasteiger partial charge in [-0.25, -0.2) is 4.79 Å². The quantitative estimate of drug-likeness (QED) is 0.451. The van der Waals surface area contributed by atoms with Gasteiger partial charge in [-0.1, -0.05) is 0 Å². The van der Waals surface area contributed by atoms with Crippen LogP contribution < -0.4 is 0 Å². The maximum Gasteiger partial charge on any atom is 0.340 e. The van der Waals surface area contributed by atoms with Crippen LogP contribution in [-0.4, -0.2) is 47.2 Å². The van der Waals surface area contributed by atoms with E-state index in [1.807, 2.05) is 0 Å². The van der Waals surface area contributed by atoms with Crippen LogP contribution in [0.15, 0.2) is 0 Å². The first-order valence-electron chi connectivity index (χ1n) is 2.63. The zero-order chi connectivity index (χ0) is 8.20. The van der Waals surface area contributed by atoms with E-state index in [0.717, 1.165) is 7.11 Å². The molecule has 0 aliphatic heterocycles. The number of hydrogen-bond donors (Lipinski definition) is 3. The Morgan fingerprint density at radius 3 is 1.90 bits per heavy atom. The van der Waals surface area contributed by atoms with Gasteiger partial charge in [-0.3, -0.25) is 0 Å². The van der Waals surface area contributed by atoms with Crippen LogP contribution in [0.25, 0.3) is 0 Å². The molecule has 3 N–H and O–H groups in total. The third-order valence-corrected chi connectivity index (χ3v) is 1.29. The van der Waals surface area contributed by atoms with Crippen molar-refractivity contribution in [3.8, 4) is 0 Å². The molecule has 0 aromatic rings. The van der Waals surface area contributed by atoms with Crippen molar-refractivity contribution in [2.45, 2.75) is 5.60 Å². The Kier molecular flexibility index (Phi) is 3.27. The lowest BCUT2D eigenvalue weighted by Crippen LogP contribution is -2.47. The van der Waals surface area contributed by atoms with E-state index in [4.69, 9.17) is 15.3 Å². The number of carbonyl (C=O) groups is 1. The molecule has 5 heteroatoms. The smallest absolute Gasteiger partial charge is 0.340 e. The van der Waals surface area contributed by atoms with E-state index in [0.29, 0.717) is 0 Å². The molecule has 0 aromatic heterocycles. The molecule has 0 aromatic carbocycles. The van der Waals surface area contributed by atoms with Gasteiger partial charge in [0, 0.05) is 7.11 Å². The van der Waals surface area contributed by atoms with Crippen molar-refractivity contribution in [2.75, 3.05) is 20.3 Å². The third-order valence-electron chi connectivity index (χ3n) is 1.29. The summed E-state index contributed by atoms with van der Waals surface area (Å²) in [6, 6.07) is 0. The molecule has 0 spiro atoms. The second-order valence-electron chi connectivity index (χ2n) is 1.82. The van der Waals surface area contributed by atoms with Gasteiger partial charge in [0.2, 0.25) is 5.60 Å². The van der Waals surface area contributed by atoms with Crippen LogP contribution in [0.2, 0.25) is 0 Å². The minimum Gasteiger partial charge on any atom is -0.479 e. The Bertz CT molecular complexity index is 109. The van der Waals surface area contributed by atoms with Crippen LogP contribution in [0.1, 0.15) is 0 Å². The Morgan fingerprint density at radius 2 is 1.90 bits per heavy atom. The van der Waals surface area contributed by atoms with Gasteiger partial charge in [0.25, 0.3) is 0 Å². The van der Waals surface area contributed by atoms with E-state index in [1.54, 1.807) is 0 Å². The number of carboxylic acid groups (broad SMARTS) is 1. The number of ether oxygens (including phenoxy) is 1. The molecular weight excluding hydrogens is 140 g/mol. The predicted octanol–water partition coefficient (Wildman–Crippen LogP) is -1.56. The number of aliphatic carboxylic acids is 1. The lowest BCUT2D eigenvalue weighted by Gasteiger charge is -2.22. The average Bonchev–Trinajstić information content (AvgIpc) is 1.92. The zero-order valence-corrected chi connectivity index (χ0v) is 5.57. The van der Waals surface area contributed by atoms with Crippen molar-refractivity contribution in [2.24, 2.45) is 0 Å². The number of aliphatic hydroxyl groups is 2. The summed E-state index contributed by atoms with van der Waals surface area (Å²) in [5.41, 5.74) is -1.85. The van der Waals surface area contributed by atoms with E-state index < -0.39 is 24.8 Å². The molecule has 60 valence electrons. The average molecular weight is 150 g/mol. The van der Waals surface area contributed by atoms with E-state index in [9.17, 15) is 4.79 Å². The fourth-order valence-corrected chi connectivity index (χ4v) is 0.402. The number of methoxy groups -OCH3 is 1. The number of carboxylic acids is 1. The minimum atomic E-state index is -1.85. The fraction of sp³-hybridized carbons (Fsp3) is 0.800. The van der Waals surface area contributed by atoms with E-state index in [-0.39, 0.29) is 0 Å². The van der Waals surface area contributed by atoms with Gasteiger partial charge in [0.15, 0.2) is 0 Å². The topological polar surface area (TPSA) is 87.0 Å². The Labute approximate surface area is 57.9 Å². The second kappa shape index (κ2) is 3.50. The summed E-state index contributed by atoms with van der Waals surface area (Å²) in [7, 11) is 1.11. The third kappa shape index (κ3) is 1.44. The molecule has 0 aliphatic rings. The monoisotopic (exact) mass is 150 g/mol. The van der Waals surface area contributed by atoms with Crippen molar-refractivity contribution < 1.29 is 24.9 Å². The van der Waals surface area contributed by atoms with Crippen LogP contribution in [0.5, 0.6) is 0 Å².